The van der Waals surface area contributed by atoms with Gasteiger partial charge in [-0.3, -0.25) is 13.9 Å². The molecule has 0 aliphatic rings. The fourth-order valence-corrected chi connectivity index (χ4v) is 4.16. The molecule has 0 heterocycles. The van der Waals surface area contributed by atoms with Gasteiger partial charge in [-0.2, -0.15) is 0 Å². The molecule has 3 aromatic rings. The van der Waals surface area contributed by atoms with Gasteiger partial charge in [-0.1, -0.05) is 30.3 Å². The first-order chi connectivity index (χ1) is 16.1. The predicted molar refractivity (Wildman–Crippen MR) is 131 cm³/mol. The van der Waals surface area contributed by atoms with Crippen LogP contribution in [0, 0.1) is 5.82 Å². The molecule has 3 rings (SSSR count). The number of halogens is 1. The van der Waals surface area contributed by atoms with Crippen LogP contribution in [-0.4, -0.2) is 32.5 Å². The van der Waals surface area contributed by atoms with Gasteiger partial charge in [0.25, 0.3) is 11.8 Å². The summed E-state index contributed by atoms with van der Waals surface area (Å²) in [5.74, 6) is -1.28. The number of nitrogens with zero attached hydrogens (tertiary/aromatic N) is 1. The summed E-state index contributed by atoms with van der Waals surface area (Å²) in [6, 6.07) is 18.4. The minimum absolute atomic E-state index is 0.0639. The lowest BCUT2D eigenvalue weighted by Crippen LogP contribution is -2.31. The molecule has 0 fully saturated rings. The SMILES string of the molecule is CC(C)NC(=O)c1ccccc1NC(=O)c1ccc(N(Cc2ccccc2F)S(C)(=O)=O)cc1. The van der Waals surface area contributed by atoms with Crippen LogP contribution in [0.3, 0.4) is 0 Å². The Morgan fingerprint density at radius 2 is 1.53 bits per heavy atom. The fourth-order valence-electron chi connectivity index (χ4n) is 3.28. The summed E-state index contributed by atoms with van der Waals surface area (Å²) >= 11 is 0. The lowest BCUT2D eigenvalue weighted by atomic mass is 10.1. The van der Waals surface area contributed by atoms with Gasteiger partial charge in [0.05, 0.1) is 29.7 Å². The molecule has 2 N–H and O–H groups in total. The molecule has 0 spiro atoms. The van der Waals surface area contributed by atoms with Gasteiger partial charge in [0.2, 0.25) is 10.0 Å². The van der Waals surface area contributed by atoms with Crippen LogP contribution in [0.5, 0.6) is 0 Å². The van der Waals surface area contributed by atoms with Gasteiger partial charge < -0.3 is 10.6 Å². The first-order valence-corrected chi connectivity index (χ1v) is 12.4. The van der Waals surface area contributed by atoms with Crippen LogP contribution in [0.25, 0.3) is 0 Å². The average Bonchev–Trinajstić information content (AvgIpc) is 2.77. The first kappa shape index (κ1) is 24.9. The van der Waals surface area contributed by atoms with E-state index in [2.05, 4.69) is 10.6 Å². The molecule has 9 heteroatoms. The molecule has 3 aromatic carbocycles. The number of carbonyl (C=O) groups is 2. The van der Waals surface area contributed by atoms with Gasteiger partial charge in [-0.05, 0) is 56.3 Å². The van der Waals surface area contributed by atoms with Crippen molar-refractivity contribution in [1.29, 1.82) is 0 Å². The Kier molecular flexibility index (Phi) is 7.68. The Morgan fingerprint density at radius 3 is 2.15 bits per heavy atom. The summed E-state index contributed by atoms with van der Waals surface area (Å²) in [5.41, 5.74) is 1.47. The highest BCUT2D eigenvalue weighted by molar-refractivity contribution is 7.92. The van der Waals surface area contributed by atoms with Gasteiger partial charge in [-0.15, -0.1) is 0 Å². The number of benzene rings is 3. The lowest BCUT2D eigenvalue weighted by Gasteiger charge is -2.23. The van der Waals surface area contributed by atoms with Crippen molar-refractivity contribution in [2.75, 3.05) is 15.9 Å². The highest BCUT2D eigenvalue weighted by Gasteiger charge is 2.20. The van der Waals surface area contributed by atoms with Crippen molar-refractivity contribution >= 4 is 33.2 Å². The van der Waals surface area contributed by atoms with E-state index in [4.69, 9.17) is 0 Å². The number of carbonyl (C=O) groups excluding carboxylic acids is 2. The number of para-hydroxylation sites is 1. The maximum absolute atomic E-state index is 14.1. The second kappa shape index (κ2) is 10.5. The molecule has 178 valence electrons. The number of hydrogen-bond donors (Lipinski definition) is 2. The zero-order valence-corrected chi connectivity index (χ0v) is 19.9. The lowest BCUT2D eigenvalue weighted by molar-refractivity contribution is 0.0944. The number of anilines is 2. The monoisotopic (exact) mass is 483 g/mol. The number of rotatable bonds is 8. The normalized spacial score (nSPS) is 11.2. The third kappa shape index (κ3) is 6.20. The summed E-state index contributed by atoms with van der Waals surface area (Å²) in [7, 11) is -3.72. The van der Waals surface area contributed by atoms with Crippen LogP contribution in [0.2, 0.25) is 0 Å². The van der Waals surface area contributed by atoms with Crippen molar-refractivity contribution in [2.45, 2.75) is 26.4 Å². The maximum atomic E-state index is 14.1. The minimum Gasteiger partial charge on any atom is -0.350 e. The largest absolute Gasteiger partial charge is 0.350 e. The third-order valence-electron chi connectivity index (χ3n) is 4.93. The Morgan fingerprint density at radius 1 is 0.912 bits per heavy atom. The van der Waals surface area contributed by atoms with Gasteiger partial charge in [-0.25, -0.2) is 12.8 Å². The minimum atomic E-state index is -3.72. The molecular formula is C25H26FN3O4S. The summed E-state index contributed by atoms with van der Waals surface area (Å²) in [6.07, 6.45) is 1.04. The van der Waals surface area contributed by atoms with Gasteiger partial charge in [0, 0.05) is 17.2 Å². The summed E-state index contributed by atoms with van der Waals surface area (Å²) in [6.45, 7) is 3.49. The van der Waals surface area contributed by atoms with Crippen LogP contribution in [0.4, 0.5) is 15.8 Å². The quantitative estimate of drug-likeness (QED) is 0.502. The first-order valence-electron chi connectivity index (χ1n) is 10.6. The van der Waals surface area contributed by atoms with Crippen molar-refractivity contribution < 1.29 is 22.4 Å². The van der Waals surface area contributed by atoms with Crippen LogP contribution in [-0.2, 0) is 16.6 Å². The van der Waals surface area contributed by atoms with Crippen molar-refractivity contribution in [1.82, 2.24) is 5.32 Å². The van der Waals surface area contributed by atoms with E-state index in [1.807, 2.05) is 13.8 Å². The molecule has 0 aromatic heterocycles. The predicted octanol–water partition coefficient (Wildman–Crippen LogP) is 4.18. The Hall–Kier alpha value is -3.72. The molecule has 2 amide bonds. The standard InChI is InChI=1S/C25H26FN3O4S/c1-17(2)27-25(31)21-9-5-7-11-23(21)28-24(30)18-12-14-20(15-13-18)29(34(3,32)33)16-19-8-4-6-10-22(19)26/h4-15,17H,16H2,1-3H3,(H,27,31)(H,28,30). The van der Waals surface area contributed by atoms with Crippen LogP contribution >= 0.6 is 0 Å². The van der Waals surface area contributed by atoms with E-state index in [-0.39, 0.29) is 29.6 Å². The molecule has 7 nitrogen and oxygen atoms in total. The smallest absolute Gasteiger partial charge is 0.255 e. The molecule has 0 radical (unpaired) electrons. The molecule has 0 aliphatic heterocycles. The molecule has 0 saturated heterocycles. The Bertz CT molecular complexity index is 1290. The molecule has 0 atom stereocenters. The number of sulfonamides is 1. The Labute approximate surface area is 198 Å². The second-order valence-electron chi connectivity index (χ2n) is 8.04. The molecule has 34 heavy (non-hydrogen) atoms. The van der Waals surface area contributed by atoms with Crippen LogP contribution in [0.15, 0.2) is 72.8 Å². The molecule has 0 bridgehead atoms. The molecule has 0 aliphatic carbocycles. The van der Waals surface area contributed by atoms with E-state index in [0.717, 1.165) is 10.6 Å². The third-order valence-corrected chi connectivity index (χ3v) is 6.07. The molecular weight excluding hydrogens is 457 g/mol. The number of nitrogens with one attached hydrogen (secondary N) is 2. The number of hydrogen-bond acceptors (Lipinski definition) is 4. The number of amides is 2. The highest BCUT2D eigenvalue weighted by atomic mass is 32.2. The van der Waals surface area contributed by atoms with E-state index >= 15 is 0 Å². The van der Waals surface area contributed by atoms with E-state index in [9.17, 15) is 22.4 Å². The Balaban J connectivity index is 1.82. The van der Waals surface area contributed by atoms with Gasteiger partial charge in [0.15, 0.2) is 0 Å². The van der Waals surface area contributed by atoms with Crippen molar-refractivity contribution in [2.24, 2.45) is 0 Å². The van der Waals surface area contributed by atoms with E-state index < -0.39 is 21.7 Å². The summed E-state index contributed by atoms with van der Waals surface area (Å²) < 4.78 is 39.9. The van der Waals surface area contributed by atoms with Crippen molar-refractivity contribution in [3.63, 3.8) is 0 Å². The van der Waals surface area contributed by atoms with E-state index in [1.165, 1.54) is 42.5 Å². The highest BCUT2D eigenvalue weighted by Crippen LogP contribution is 2.23. The van der Waals surface area contributed by atoms with E-state index in [0.29, 0.717) is 16.9 Å². The van der Waals surface area contributed by atoms with Crippen molar-refractivity contribution in [3.05, 3.63) is 95.3 Å². The second-order valence-corrected chi connectivity index (χ2v) is 9.94. The summed E-state index contributed by atoms with van der Waals surface area (Å²) in [5, 5.41) is 5.52. The van der Waals surface area contributed by atoms with Crippen molar-refractivity contribution in [3.8, 4) is 0 Å². The molecule has 0 unspecified atom stereocenters. The fraction of sp³-hybridized carbons (Fsp3) is 0.200. The molecule has 0 saturated carbocycles. The van der Waals surface area contributed by atoms with Gasteiger partial charge >= 0.3 is 0 Å². The van der Waals surface area contributed by atoms with Gasteiger partial charge in [0.1, 0.15) is 5.82 Å². The summed E-state index contributed by atoms with van der Waals surface area (Å²) in [4.78, 5) is 25.2. The van der Waals surface area contributed by atoms with Crippen LogP contribution in [0.1, 0.15) is 40.1 Å². The average molecular weight is 484 g/mol. The maximum Gasteiger partial charge on any atom is 0.255 e. The topological polar surface area (TPSA) is 95.6 Å². The van der Waals surface area contributed by atoms with E-state index in [1.54, 1.807) is 30.3 Å². The van der Waals surface area contributed by atoms with Crippen LogP contribution < -0.4 is 14.9 Å². The zero-order chi connectivity index (χ0) is 24.9. The zero-order valence-electron chi connectivity index (χ0n) is 19.1.